The predicted molar refractivity (Wildman–Crippen MR) is 67.9 cm³/mol. The van der Waals surface area contributed by atoms with Crippen LogP contribution in [0, 0.1) is 10.1 Å². The highest BCUT2D eigenvalue weighted by atomic mass is 35.5. The number of nitro groups is 1. The van der Waals surface area contributed by atoms with Gasteiger partial charge in [0.05, 0.1) is 11.5 Å². The monoisotopic (exact) mass is 274 g/mol. The van der Waals surface area contributed by atoms with E-state index in [4.69, 9.17) is 16.7 Å². The summed E-state index contributed by atoms with van der Waals surface area (Å²) in [5.41, 5.74) is -0.205. The molecular formula is C10H15ClN4O3. The van der Waals surface area contributed by atoms with Gasteiger partial charge in [-0.3, -0.25) is 10.1 Å². The van der Waals surface area contributed by atoms with Crippen molar-refractivity contribution in [1.82, 2.24) is 9.97 Å². The molecule has 0 atom stereocenters. The lowest BCUT2D eigenvalue weighted by Crippen LogP contribution is -2.29. The summed E-state index contributed by atoms with van der Waals surface area (Å²) in [7, 11) is 0. The third kappa shape index (κ3) is 3.78. The standard InChI is InChI=1S/C10H15ClN4O3/c1-2-3-4-14(5-6-16)9-8(15(17)18)7-12-10(11)13-9/h7,16H,2-6H2,1H3. The number of aliphatic hydroxyl groups excluding tert-OH is 1. The number of aliphatic hydroxyl groups is 1. The first-order chi connectivity index (χ1) is 8.60. The molecule has 1 aromatic rings. The first-order valence-corrected chi connectivity index (χ1v) is 6.00. The van der Waals surface area contributed by atoms with Gasteiger partial charge in [-0.25, -0.2) is 4.98 Å². The molecule has 18 heavy (non-hydrogen) atoms. The molecule has 7 nitrogen and oxygen atoms in total. The van der Waals surface area contributed by atoms with Gasteiger partial charge in [0.15, 0.2) is 0 Å². The number of anilines is 1. The molecule has 1 rings (SSSR count). The molecule has 0 saturated heterocycles. The van der Waals surface area contributed by atoms with Gasteiger partial charge in [-0.15, -0.1) is 0 Å². The first-order valence-electron chi connectivity index (χ1n) is 5.62. The lowest BCUT2D eigenvalue weighted by molar-refractivity contribution is -0.384. The Morgan fingerprint density at radius 2 is 2.28 bits per heavy atom. The molecule has 0 aromatic carbocycles. The quantitative estimate of drug-likeness (QED) is 0.461. The van der Waals surface area contributed by atoms with Crippen molar-refractivity contribution in [3.8, 4) is 0 Å². The van der Waals surface area contributed by atoms with Crippen molar-refractivity contribution < 1.29 is 10.0 Å². The minimum Gasteiger partial charge on any atom is -0.395 e. The first kappa shape index (κ1) is 14.6. The van der Waals surface area contributed by atoms with E-state index >= 15 is 0 Å². The Kier molecular flexibility index (Phi) is 5.73. The van der Waals surface area contributed by atoms with E-state index in [1.54, 1.807) is 4.90 Å². The number of unbranched alkanes of at least 4 members (excludes halogenated alkanes) is 1. The molecule has 1 N–H and O–H groups in total. The SMILES string of the molecule is CCCCN(CCO)c1nc(Cl)ncc1[N+](=O)[O-]. The molecule has 0 amide bonds. The maximum atomic E-state index is 10.9. The highest BCUT2D eigenvalue weighted by Gasteiger charge is 2.22. The second-order valence-electron chi connectivity index (χ2n) is 3.67. The van der Waals surface area contributed by atoms with Gasteiger partial charge in [0.25, 0.3) is 0 Å². The van der Waals surface area contributed by atoms with E-state index in [0.29, 0.717) is 6.54 Å². The van der Waals surface area contributed by atoms with E-state index in [-0.39, 0.29) is 29.9 Å². The minimum atomic E-state index is -0.554. The van der Waals surface area contributed by atoms with E-state index in [0.717, 1.165) is 19.0 Å². The lowest BCUT2D eigenvalue weighted by Gasteiger charge is -2.21. The summed E-state index contributed by atoms with van der Waals surface area (Å²) in [6.45, 7) is 2.75. The van der Waals surface area contributed by atoms with Crippen molar-refractivity contribution in [3.63, 3.8) is 0 Å². The average molecular weight is 275 g/mol. The molecule has 0 spiro atoms. The fourth-order valence-electron chi connectivity index (χ4n) is 1.50. The normalized spacial score (nSPS) is 10.4. The van der Waals surface area contributed by atoms with Crippen molar-refractivity contribution >= 4 is 23.1 Å². The van der Waals surface area contributed by atoms with Crippen LogP contribution in [0.1, 0.15) is 19.8 Å². The van der Waals surface area contributed by atoms with E-state index < -0.39 is 4.92 Å². The fraction of sp³-hybridized carbons (Fsp3) is 0.600. The summed E-state index contributed by atoms with van der Waals surface area (Å²) in [4.78, 5) is 19.5. The molecule has 0 aliphatic carbocycles. The average Bonchev–Trinajstić information content (AvgIpc) is 2.34. The Labute approximate surface area is 110 Å². The van der Waals surface area contributed by atoms with Crippen molar-refractivity contribution in [2.45, 2.75) is 19.8 Å². The maximum absolute atomic E-state index is 10.9. The molecule has 100 valence electrons. The molecule has 0 aliphatic heterocycles. The maximum Gasteiger partial charge on any atom is 0.329 e. The molecule has 0 saturated carbocycles. The largest absolute Gasteiger partial charge is 0.395 e. The topological polar surface area (TPSA) is 92.4 Å². The molecular weight excluding hydrogens is 260 g/mol. The van der Waals surface area contributed by atoms with E-state index in [1.807, 2.05) is 6.92 Å². The zero-order chi connectivity index (χ0) is 13.5. The molecule has 1 aromatic heterocycles. The van der Waals surface area contributed by atoms with Gasteiger partial charge < -0.3 is 10.0 Å². The Balaban J connectivity index is 3.07. The van der Waals surface area contributed by atoms with Crippen LogP contribution in [-0.4, -0.2) is 39.7 Å². The molecule has 0 unspecified atom stereocenters. The Hall–Kier alpha value is -1.47. The van der Waals surface area contributed by atoms with Gasteiger partial charge in [0.1, 0.15) is 6.20 Å². The predicted octanol–water partition coefficient (Wildman–Crippen LogP) is 1.64. The second-order valence-corrected chi connectivity index (χ2v) is 4.01. The number of hydrogen-bond acceptors (Lipinski definition) is 6. The number of aromatic nitrogens is 2. The van der Waals surface area contributed by atoms with Crippen LogP contribution in [0.5, 0.6) is 0 Å². The van der Waals surface area contributed by atoms with Gasteiger partial charge in [-0.1, -0.05) is 13.3 Å². The van der Waals surface area contributed by atoms with Gasteiger partial charge in [-0.2, -0.15) is 4.98 Å². The van der Waals surface area contributed by atoms with Crippen molar-refractivity contribution in [2.75, 3.05) is 24.6 Å². The van der Waals surface area contributed by atoms with Gasteiger partial charge in [0, 0.05) is 13.1 Å². The van der Waals surface area contributed by atoms with Crippen molar-refractivity contribution in [2.24, 2.45) is 0 Å². The molecule has 8 heteroatoms. The third-order valence-corrected chi connectivity index (χ3v) is 2.55. The van der Waals surface area contributed by atoms with Crippen LogP contribution in [0.4, 0.5) is 11.5 Å². The van der Waals surface area contributed by atoms with Crippen LogP contribution in [0.15, 0.2) is 6.20 Å². The van der Waals surface area contributed by atoms with Gasteiger partial charge in [-0.05, 0) is 18.0 Å². The lowest BCUT2D eigenvalue weighted by atomic mass is 10.3. The van der Waals surface area contributed by atoms with Crippen molar-refractivity contribution in [1.29, 1.82) is 0 Å². The Bertz CT molecular complexity index is 416. The highest BCUT2D eigenvalue weighted by Crippen LogP contribution is 2.26. The number of rotatable bonds is 7. The molecule has 0 bridgehead atoms. The van der Waals surface area contributed by atoms with Gasteiger partial charge >= 0.3 is 5.69 Å². The van der Waals surface area contributed by atoms with Gasteiger partial charge in [0.2, 0.25) is 11.1 Å². The highest BCUT2D eigenvalue weighted by molar-refractivity contribution is 6.28. The summed E-state index contributed by atoms with van der Waals surface area (Å²) in [5, 5.41) is 19.9. The third-order valence-electron chi connectivity index (χ3n) is 2.37. The summed E-state index contributed by atoms with van der Waals surface area (Å²) < 4.78 is 0. The molecule has 0 radical (unpaired) electrons. The van der Waals surface area contributed by atoms with E-state index in [9.17, 15) is 10.1 Å². The van der Waals surface area contributed by atoms with Crippen molar-refractivity contribution in [3.05, 3.63) is 21.6 Å². The Morgan fingerprint density at radius 1 is 1.56 bits per heavy atom. The van der Waals surface area contributed by atoms with Crippen LogP contribution in [0.3, 0.4) is 0 Å². The Morgan fingerprint density at radius 3 is 2.83 bits per heavy atom. The summed E-state index contributed by atoms with van der Waals surface area (Å²) >= 11 is 5.67. The van der Waals surface area contributed by atoms with Crippen LogP contribution in [0.25, 0.3) is 0 Å². The van der Waals surface area contributed by atoms with Crippen LogP contribution < -0.4 is 4.90 Å². The molecule has 1 heterocycles. The molecule has 0 fully saturated rings. The smallest absolute Gasteiger partial charge is 0.329 e. The number of nitrogens with zero attached hydrogens (tertiary/aromatic N) is 4. The summed E-state index contributed by atoms with van der Waals surface area (Å²) in [5.74, 6) is 0.155. The number of halogens is 1. The fourth-order valence-corrected chi connectivity index (χ4v) is 1.63. The van der Waals surface area contributed by atoms with Crippen LogP contribution >= 0.6 is 11.6 Å². The zero-order valence-electron chi connectivity index (χ0n) is 10.0. The second kappa shape index (κ2) is 7.07. The zero-order valence-corrected chi connectivity index (χ0v) is 10.8. The van der Waals surface area contributed by atoms with E-state index in [2.05, 4.69) is 9.97 Å². The number of hydrogen-bond donors (Lipinski definition) is 1. The van der Waals surface area contributed by atoms with Crippen LogP contribution in [-0.2, 0) is 0 Å². The van der Waals surface area contributed by atoms with E-state index in [1.165, 1.54) is 0 Å². The molecule has 0 aliphatic rings. The van der Waals surface area contributed by atoms with Crippen LogP contribution in [0.2, 0.25) is 5.28 Å². The summed E-state index contributed by atoms with van der Waals surface area (Å²) in [6.07, 6.45) is 2.87. The summed E-state index contributed by atoms with van der Waals surface area (Å²) in [6, 6.07) is 0. The minimum absolute atomic E-state index is 0.0463.